The van der Waals surface area contributed by atoms with Crippen LogP contribution in [0, 0.1) is 0 Å². The predicted octanol–water partition coefficient (Wildman–Crippen LogP) is 1.89. The van der Waals surface area contributed by atoms with Crippen LogP contribution in [0.1, 0.15) is 6.92 Å². The van der Waals surface area contributed by atoms with Gasteiger partial charge >= 0.3 is 0 Å². The van der Waals surface area contributed by atoms with Crippen LogP contribution in [0.4, 0.5) is 10.1 Å². The first kappa shape index (κ1) is 9.67. The maximum Gasteiger partial charge on any atom is 0.184 e. The second kappa shape index (κ2) is 4.57. The predicted molar refractivity (Wildman–Crippen MR) is 58.0 cm³/mol. The van der Waals surface area contributed by atoms with E-state index in [2.05, 4.69) is 23.5 Å². The third-order valence-electron chi connectivity index (χ3n) is 1.31. The zero-order valence-corrected chi connectivity index (χ0v) is 8.84. The molecule has 0 radical (unpaired) electrons. The van der Waals surface area contributed by atoms with E-state index in [1.54, 1.807) is 6.20 Å². The second-order valence-electron chi connectivity index (χ2n) is 2.57. The third kappa shape index (κ3) is 2.91. The summed E-state index contributed by atoms with van der Waals surface area (Å²) in [6.45, 7) is 2.13. The van der Waals surface area contributed by atoms with Gasteiger partial charge in [-0.2, -0.15) is 11.8 Å². The van der Waals surface area contributed by atoms with Gasteiger partial charge in [0.05, 0.1) is 6.20 Å². The highest BCUT2D eigenvalue weighted by Crippen LogP contribution is 2.20. The minimum atomic E-state index is 0.450. The van der Waals surface area contributed by atoms with E-state index < -0.39 is 0 Å². The lowest BCUT2D eigenvalue weighted by Crippen LogP contribution is -2.17. The molecule has 0 aliphatic rings. The maximum atomic E-state index is 5.54. The molecule has 1 atom stereocenters. The topological polar surface area (TPSA) is 50.9 Å². The first-order valence-electron chi connectivity index (χ1n) is 3.69. The molecule has 0 bridgehead atoms. The number of aromatic nitrogens is 1. The summed E-state index contributed by atoms with van der Waals surface area (Å²) in [5.41, 5.74) is 5.54. The van der Waals surface area contributed by atoms with Crippen molar-refractivity contribution in [3.8, 4) is 0 Å². The van der Waals surface area contributed by atoms with Crippen LogP contribution in [-0.4, -0.2) is 23.0 Å². The number of rotatable bonds is 4. The summed E-state index contributed by atoms with van der Waals surface area (Å²) in [5.74, 6) is 1.08. The molecule has 1 heterocycles. The molecule has 1 rings (SSSR count). The third-order valence-corrected chi connectivity index (χ3v) is 2.90. The molecule has 0 spiro atoms. The fourth-order valence-electron chi connectivity index (χ4n) is 0.856. The average Bonchev–Trinajstić information content (AvgIpc) is 2.36. The molecule has 12 heavy (non-hydrogen) atoms. The first-order chi connectivity index (χ1) is 5.72. The lowest BCUT2D eigenvalue weighted by Gasteiger charge is -2.09. The van der Waals surface area contributed by atoms with Crippen LogP contribution >= 0.6 is 23.1 Å². The van der Waals surface area contributed by atoms with Gasteiger partial charge < -0.3 is 11.1 Å². The number of nitrogen functional groups attached to an aromatic ring is 1. The van der Waals surface area contributed by atoms with Crippen molar-refractivity contribution < 1.29 is 0 Å². The SMILES string of the molecule is CSCC(C)Nc1ncc(N)s1. The molecule has 0 fully saturated rings. The highest BCUT2D eigenvalue weighted by molar-refractivity contribution is 7.98. The summed E-state index contributed by atoms with van der Waals surface area (Å²) < 4.78 is 0. The molecule has 0 saturated carbocycles. The highest BCUT2D eigenvalue weighted by atomic mass is 32.2. The second-order valence-corrected chi connectivity index (χ2v) is 4.54. The molecule has 0 aliphatic heterocycles. The standard InChI is InChI=1S/C7H13N3S2/c1-5(4-11-2)10-7-9-3-6(8)12-7/h3,5H,4,8H2,1-2H3,(H,9,10). The van der Waals surface area contributed by atoms with E-state index in [4.69, 9.17) is 5.73 Å². The van der Waals surface area contributed by atoms with E-state index in [1.807, 2.05) is 11.8 Å². The zero-order chi connectivity index (χ0) is 8.97. The van der Waals surface area contributed by atoms with Crippen molar-refractivity contribution in [1.82, 2.24) is 4.98 Å². The van der Waals surface area contributed by atoms with Crippen molar-refractivity contribution in [3.63, 3.8) is 0 Å². The summed E-state index contributed by atoms with van der Waals surface area (Å²) >= 11 is 3.31. The van der Waals surface area contributed by atoms with Gasteiger partial charge in [0.25, 0.3) is 0 Å². The summed E-state index contributed by atoms with van der Waals surface area (Å²) in [6, 6.07) is 0.450. The van der Waals surface area contributed by atoms with Crippen LogP contribution < -0.4 is 11.1 Å². The Balaban J connectivity index is 2.41. The fourth-order valence-corrected chi connectivity index (χ4v) is 2.13. The molecule has 0 saturated heterocycles. The minimum absolute atomic E-state index is 0.450. The smallest absolute Gasteiger partial charge is 0.184 e. The van der Waals surface area contributed by atoms with E-state index in [1.165, 1.54) is 11.3 Å². The van der Waals surface area contributed by atoms with Gasteiger partial charge in [0, 0.05) is 11.8 Å². The summed E-state index contributed by atoms with van der Waals surface area (Å²) in [6.07, 6.45) is 3.77. The molecule has 1 aromatic rings. The molecule has 1 unspecified atom stereocenters. The Kier molecular flexibility index (Phi) is 3.68. The summed E-state index contributed by atoms with van der Waals surface area (Å²) in [7, 11) is 0. The minimum Gasteiger partial charge on any atom is -0.389 e. The molecule has 3 nitrogen and oxygen atoms in total. The number of anilines is 2. The van der Waals surface area contributed by atoms with Crippen molar-refractivity contribution >= 4 is 33.2 Å². The van der Waals surface area contributed by atoms with E-state index in [0.29, 0.717) is 6.04 Å². The average molecular weight is 203 g/mol. The molecular formula is C7H13N3S2. The Labute approximate surface area is 80.8 Å². The number of hydrogen-bond donors (Lipinski definition) is 2. The van der Waals surface area contributed by atoms with Gasteiger partial charge in [-0.3, -0.25) is 0 Å². The Hall–Kier alpha value is -0.420. The van der Waals surface area contributed by atoms with E-state index in [0.717, 1.165) is 15.9 Å². The molecule has 0 aromatic carbocycles. The van der Waals surface area contributed by atoms with Crippen LogP contribution in [0.5, 0.6) is 0 Å². The van der Waals surface area contributed by atoms with Gasteiger partial charge in [-0.1, -0.05) is 11.3 Å². The molecule has 5 heteroatoms. The van der Waals surface area contributed by atoms with Gasteiger partial charge in [0.15, 0.2) is 5.13 Å². The van der Waals surface area contributed by atoms with Crippen molar-refractivity contribution in [3.05, 3.63) is 6.20 Å². The number of nitrogens with one attached hydrogen (secondary N) is 1. The zero-order valence-electron chi connectivity index (χ0n) is 7.20. The van der Waals surface area contributed by atoms with E-state index in [-0.39, 0.29) is 0 Å². The number of thiazole rings is 1. The molecule has 0 aliphatic carbocycles. The van der Waals surface area contributed by atoms with Crippen LogP contribution in [0.3, 0.4) is 0 Å². The van der Waals surface area contributed by atoms with Crippen molar-refractivity contribution in [2.75, 3.05) is 23.1 Å². The van der Waals surface area contributed by atoms with Crippen molar-refractivity contribution in [1.29, 1.82) is 0 Å². The quantitative estimate of drug-likeness (QED) is 0.784. The van der Waals surface area contributed by atoms with Gasteiger partial charge in [-0.15, -0.1) is 0 Å². The van der Waals surface area contributed by atoms with Crippen molar-refractivity contribution in [2.24, 2.45) is 0 Å². The summed E-state index contributed by atoms with van der Waals surface area (Å²) in [4.78, 5) is 4.11. The van der Waals surface area contributed by atoms with Gasteiger partial charge in [-0.05, 0) is 13.2 Å². The highest BCUT2D eigenvalue weighted by Gasteiger charge is 2.03. The number of thioether (sulfide) groups is 1. The van der Waals surface area contributed by atoms with Crippen LogP contribution in [0.15, 0.2) is 6.20 Å². The molecule has 1 aromatic heterocycles. The van der Waals surface area contributed by atoms with E-state index >= 15 is 0 Å². The van der Waals surface area contributed by atoms with Gasteiger partial charge in [0.2, 0.25) is 0 Å². The molecule has 3 N–H and O–H groups in total. The van der Waals surface area contributed by atoms with Crippen LogP contribution in [0.25, 0.3) is 0 Å². The number of nitrogens with zero attached hydrogens (tertiary/aromatic N) is 1. The van der Waals surface area contributed by atoms with Crippen LogP contribution in [-0.2, 0) is 0 Å². The Bertz CT molecular complexity index is 236. The van der Waals surface area contributed by atoms with Gasteiger partial charge in [-0.25, -0.2) is 4.98 Å². The van der Waals surface area contributed by atoms with E-state index in [9.17, 15) is 0 Å². The monoisotopic (exact) mass is 203 g/mol. The normalized spacial score (nSPS) is 12.8. The lowest BCUT2D eigenvalue weighted by molar-refractivity contribution is 0.911. The number of nitrogens with two attached hydrogens (primary N) is 1. The fraction of sp³-hybridized carbons (Fsp3) is 0.571. The Morgan fingerprint density at radius 1 is 1.83 bits per heavy atom. The number of hydrogen-bond acceptors (Lipinski definition) is 5. The van der Waals surface area contributed by atoms with Crippen molar-refractivity contribution in [2.45, 2.75) is 13.0 Å². The molecule has 0 amide bonds. The molecule has 68 valence electrons. The van der Waals surface area contributed by atoms with Crippen LogP contribution in [0.2, 0.25) is 0 Å². The summed E-state index contributed by atoms with van der Waals surface area (Å²) in [5, 5.41) is 4.94. The lowest BCUT2D eigenvalue weighted by atomic mass is 10.4. The maximum absolute atomic E-state index is 5.54. The largest absolute Gasteiger partial charge is 0.389 e. The first-order valence-corrected chi connectivity index (χ1v) is 5.90. The molecular weight excluding hydrogens is 190 g/mol. The van der Waals surface area contributed by atoms with Gasteiger partial charge in [0.1, 0.15) is 5.00 Å². The Morgan fingerprint density at radius 2 is 2.58 bits per heavy atom. The Morgan fingerprint density at radius 3 is 3.08 bits per heavy atom.